The molecular formula is C17H22ClNO5S. The number of hydrogen-bond donors (Lipinski definition) is 0. The number of hydrogen-bond acceptors (Lipinski definition) is 5. The Kier molecular flexibility index (Phi) is 5.51. The third-order valence-corrected chi connectivity index (χ3v) is 4.20. The molecule has 0 radical (unpaired) electrons. The molecule has 0 amide bonds. The normalized spacial score (nSPS) is 13.8. The SMILES string of the molecule is C[C@H](Cc1cn(C(=O)OC(C)(C)C)c2ccc(Cl)cc12)OS(C)(=O)=O. The molecule has 0 saturated heterocycles. The topological polar surface area (TPSA) is 74.6 Å². The summed E-state index contributed by atoms with van der Waals surface area (Å²) in [4.78, 5) is 12.5. The Balaban J connectivity index is 2.43. The van der Waals surface area contributed by atoms with Gasteiger partial charge in [0.05, 0.1) is 17.9 Å². The Labute approximate surface area is 152 Å². The molecule has 0 unspecified atom stereocenters. The summed E-state index contributed by atoms with van der Waals surface area (Å²) in [6.45, 7) is 7.02. The predicted molar refractivity (Wildman–Crippen MR) is 97.7 cm³/mol. The number of benzene rings is 1. The van der Waals surface area contributed by atoms with Crippen LogP contribution in [0, 0.1) is 0 Å². The molecule has 8 heteroatoms. The fraction of sp³-hybridized carbons (Fsp3) is 0.471. The number of carbonyl (C=O) groups is 1. The maximum Gasteiger partial charge on any atom is 0.419 e. The molecule has 0 N–H and O–H groups in total. The number of rotatable bonds is 4. The summed E-state index contributed by atoms with van der Waals surface area (Å²) in [5.74, 6) is 0. The largest absolute Gasteiger partial charge is 0.443 e. The molecule has 25 heavy (non-hydrogen) atoms. The van der Waals surface area contributed by atoms with Crippen molar-refractivity contribution in [3.63, 3.8) is 0 Å². The van der Waals surface area contributed by atoms with Crippen LogP contribution in [0.4, 0.5) is 4.79 Å². The number of carbonyl (C=O) groups excluding carboxylic acids is 1. The van der Waals surface area contributed by atoms with Crippen molar-refractivity contribution >= 4 is 38.7 Å². The number of fused-ring (bicyclic) bond motifs is 1. The van der Waals surface area contributed by atoms with Crippen molar-refractivity contribution in [2.45, 2.75) is 45.8 Å². The zero-order valence-electron chi connectivity index (χ0n) is 14.9. The van der Waals surface area contributed by atoms with Gasteiger partial charge < -0.3 is 4.74 Å². The molecule has 0 saturated carbocycles. The molecule has 0 aliphatic heterocycles. The Hall–Kier alpha value is -1.57. The molecule has 0 fully saturated rings. The van der Waals surface area contributed by atoms with E-state index in [0.717, 1.165) is 17.2 Å². The summed E-state index contributed by atoms with van der Waals surface area (Å²) >= 11 is 6.08. The van der Waals surface area contributed by atoms with Crippen LogP contribution in [-0.4, -0.2) is 37.0 Å². The second-order valence-electron chi connectivity index (χ2n) is 6.98. The average Bonchev–Trinajstić information content (AvgIpc) is 2.73. The molecule has 1 heterocycles. The molecule has 6 nitrogen and oxygen atoms in total. The Morgan fingerprint density at radius 1 is 1.32 bits per heavy atom. The van der Waals surface area contributed by atoms with Crippen molar-refractivity contribution in [2.24, 2.45) is 0 Å². The monoisotopic (exact) mass is 387 g/mol. The lowest BCUT2D eigenvalue weighted by molar-refractivity contribution is 0.0544. The maximum absolute atomic E-state index is 12.5. The zero-order valence-corrected chi connectivity index (χ0v) is 16.4. The van der Waals surface area contributed by atoms with Crippen LogP contribution in [0.3, 0.4) is 0 Å². The molecule has 138 valence electrons. The molecule has 1 atom stereocenters. The smallest absolute Gasteiger partial charge is 0.419 e. The highest BCUT2D eigenvalue weighted by molar-refractivity contribution is 7.86. The van der Waals surface area contributed by atoms with Gasteiger partial charge in [-0.2, -0.15) is 8.42 Å². The van der Waals surface area contributed by atoms with E-state index in [1.165, 1.54) is 4.57 Å². The first-order valence-electron chi connectivity index (χ1n) is 7.77. The van der Waals surface area contributed by atoms with Crippen molar-refractivity contribution in [1.82, 2.24) is 4.57 Å². The third kappa shape index (κ3) is 5.45. The summed E-state index contributed by atoms with van der Waals surface area (Å²) in [6.07, 6.45) is 1.86. The highest BCUT2D eigenvalue weighted by atomic mass is 35.5. The minimum absolute atomic E-state index is 0.305. The average molecular weight is 388 g/mol. The fourth-order valence-corrected chi connectivity index (χ4v) is 3.37. The fourth-order valence-electron chi connectivity index (χ4n) is 2.54. The highest BCUT2D eigenvalue weighted by Gasteiger charge is 2.22. The molecule has 2 rings (SSSR count). The van der Waals surface area contributed by atoms with E-state index in [0.29, 0.717) is 17.0 Å². The Morgan fingerprint density at radius 2 is 1.96 bits per heavy atom. The van der Waals surface area contributed by atoms with E-state index < -0.39 is 27.9 Å². The number of halogens is 1. The van der Waals surface area contributed by atoms with E-state index >= 15 is 0 Å². The summed E-state index contributed by atoms with van der Waals surface area (Å²) < 4.78 is 34.4. The van der Waals surface area contributed by atoms with Crippen LogP contribution in [0.2, 0.25) is 5.02 Å². The van der Waals surface area contributed by atoms with E-state index in [1.54, 1.807) is 52.1 Å². The lowest BCUT2D eigenvalue weighted by Gasteiger charge is -2.19. The van der Waals surface area contributed by atoms with E-state index in [-0.39, 0.29) is 0 Å². The number of nitrogens with zero attached hydrogens (tertiary/aromatic N) is 1. The lowest BCUT2D eigenvalue weighted by Crippen LogP contribution is -2.26. The van der Waals surface area contributed by atoms with Crippen LogP contribution in [0.5, 0.6) is 0 Å². The second kappa shape index (κ2) is 6.97. The number of aromatic nitrogens is 1. The van der Waals surface area contributed by atoms with E-state index in [2.05, 4.69) is 0 Å². The molecule has 0 aliphatic rings. The van der Waals surface area contributed by atoms with Crippen LogP contribution < -0.4 is 0 Å². The van der Waals surface area contributed by atoms with Gasteiger partial charge in [0.2, 0.25) is 0 Å². The van der Waals surface area contributed by atoms with E-state index in [9.17, 15) is 13.2 Å². The number of ether oxygens (including phenoxy) is 1. The van der Waals surface area contributed by atoms with Crippen molar-refractivity contribution in [3.8, 4) is 0 Å². The first-order chi connectivity index (χ1) is 11.4. The van der Waals surface area contributed by atoms with Gasteiger partial charge >= 0.3 is 6.09 Å². The van der Waals surface area contributed by atoms with Crippen LogP contribution in [0.15, 0.2) is 24.4 Å². The molecule has 0 bridgehead atoms. The maximum atomic E-state index is 12.5. The standard InChI is InChI=1S/C17H22ClNO5S/c1-11(24-25(5,21)22)8-12-10-19(16(20)23-17(2,3)4)15-7-6-13(18)9-14(12)15/h6-7,9-11H,8H2,1-5H3/t11-/m1/s1. The van der Waals surface area contributed by atoms with Crippen LogP contribution >= 0.6 is 11.6 Å². The summed E-state index contributed by atoms with van der Waals surface area (Å²) in [6, 6.07) is 5.15. The van der Waals surface area contributed by atoms with Gasteiger partial charge in [0.25, 0.3) is 10.1 Å². The molecule has 2 aromatic rings. The van der Waals surface area contributed by atoms with Gasteiger partial charge in [-0.15, -0.1) is 0 Å². The second-order valence-corrected chi connectivity index (χ2v) is 9.02. The van der Waals surface area contributed by atoms with Crippen molar-refractivity contribution in [1.29, 1.82) is 0 Å². The minimum atomic E-state index is -3.56. The van der Waals surface area contributed by atoms with Crippen molar-refractivity contribution < 1.29 is 22.1 Å². The quantitative estimate of drug-likeness (QED) is 0.741. The van der Waals surface area contributed by atoms with Crippen LogP contribution in [0.1, 0.15) is 33.3 Å². The first-order valence-corrected chi connectivity index (χ1v) is 9.96. The van der Waals surface area contributed by atoms with Crippen molar-refractivity contribution in [2.75, 3.05) is 6.26 Å². The van der Waals surface area contributed by atoms with Gasteiger partial charge in [-0.05, 0) is 51.5 Å². The molecule has 0 aliphatic carbocycles. The first kappa shape index (κ1) is 19.8. The Bertz CT molecular complexity index is 896. The summed E-state index contributed by atoms with van der Waals surface area (Å²) in [7, 11) is -3.56. The van der Waals surface area contributed by atoms with Gasteiger partial charge in [0.15, 0.2) is 0 Å². The van der Waals surface area contributed by atoms with Crippen LogP contribution in [-0.2, 0) is 25.5 Å². The molecule has 0 spiro atoms. The lowest BCUT2D eigenvalue weighted by atomic mass is 10.1. The van der Waals surface area contributed by atoms with E-state index in [4.69, 9.17) is 20.5 Å². The van der Waals surface area contributed by atoms with Gasteiger partial charge in [-0.3, -0.25) is 8.75 Å². The van der Waals surface area contributed by atoms with Gasteiger partial charge in [-0.25, -0.2) is 4.79 Å². The predicted octanol–water partition coefficient (Wildman–Crippen LogP) is 3.99. The third-order valence-electron chi connectivity index (χ3n) is 3.29. The minimum Gasteiger partial charge on any atom is -0.443 e. The summed E-state index contributed by atoms with van der Waals surface area (Å²) in [5, 5.41) is 1.27. The van der Waals surface area contributed by atoms with Crippen molar-refractivity contribution in [3.05, 3.63) is 35.0 Å². The van der Waals surface area contributed by atoms with Gasteiger partial charge in [0.1, 0.15) is 5.60 Å². The molecule has 1 aromatic heterocycles. The van der Waals surface area contributed by atoms with Crippen LogP contribution in [0.25, 0.3) is 10.9 Å². The van der Waals surface area contributed by atoms with Gasteiger partial charge in [-0.1, -0.05) is 11.6 Å². The van der Waals surface area contributed by atoms with E-state index in [1.807, 2.05) is 0 Å². The Morgan fingerprint density at radius 3 is 2.52 bits per heavy atom. The molecule has 1 aromatic carbocycles. The van der Waals surface area contributed by atoms with Gasteiger partial charge in [0, 0.05) is 23.0 Å². The molecular weight excluding hydrogens is 366 g/mol. The summed E-state index contributed by atoms with van der Waals surface area (Å²) in [5.41, 5.74) is 0.757. The highest BCUT2D eigenvalue weighted by Crippen LogP contribution is 2.27. The zero-order chi connectivity index (χ0) is 19.0.